The summed E-state index contributed by atoms with van der Waals surface area (Å²) in [7, 11) is 0. The highest BCUT2D eigenvalue weighted by Crippen LogP contribution is 2.07. The van der Waals surface area contributed by atoms with Crippen molar-refractivity contribution in [2.24, 2.45) is 0 Å². The number of aliphatic hydroxyl groups excluding tert-OH is 1. The predicted molar refractivity (Wildman–Crippen MR) is 83.4 cm³/mol. The lowest BCUT2D eigenvalue weighted by molar-refractivity contribution is -0.0666. The molecule has 4 N–H and O–H groups in total. The number of imidazole rings is 1. The fraction of sp³-hybridized carbons (Fsp3) is 0.643. The quantitative estimate of drug-likeness (QED) is 0.623. The second kappa shape index (κ2) is 7.53. The van der Waals surface area contributed by atoms with Crippen LogP contribution in [0.4, 0.5) is 5.95 Å². The first-order valence-corrected chi connectivity index (χ1v) is 7.89. The molecule has 9 heteroatoms. The van der Waals surface area contributed by atoms with Crippen molar-refractivity contribution < 1.29 is 9.84 Å². The summed E-state index contributed by atoms with van der Waals surface area (Å²) in [5, 5.41) is 18.5. The third-order valence-corrected chi connectivity index (χ3v) is 3.93. The molecule has 0 spiro atoms. The first-order chi connectivity index (χ1) is 11.2. The maximum absolute atomic E-state index is 10.2. The zero-order valence-electron chi connectivity index (χ0n) is 13.1. The van der Waals surface area contributed by atoms with E-state index in [4.69, 9.17) is 10.5 Å². The van der Waals surface area contributed by atoms with E-state index in [-0.39, 0.29) is 0 Å². The number of aromatic nitrogens is 5. The summed E-state index contributed by atoms with van der Waals surface area (Å²) in [6, 6.07) is 0. The van der Waals surface area contributed by atoms with Gasteiger partial charge in [-0.2, -0.15) is 0 Å². The fourth-order valence-corrected chi connectivity index (χ4v) is 2.66. The summed E-state index contributed by atoms with van der Waals surface area (Å²) < 4.78 is 6.98. The van der Waals surface area contributed by atoms with Crippen LogP contribution in [-0.4, -0.2) is 67.5 Å². The van der Waals surface area contributed by atoms with Crippen molar-refractivity contribution in [2.75, 3.05) is 32.0 Å². The number of H-pyrrole nitrogens is 1. The van der Waals surface area contributed by atoms with Crippen molar-refractivity contribution in [3.05, 3.63) is 23.8 Å². The van der Waals surface area contributed by atoms with Crippen LogP contribution in [0.2, 0.25) is 0 Å². The molecule has 1 unspecified atom stereocenters. The van der Waals surface area contributed by atoms with Crippen LogP contribution in [0, 0.1) is 0 Å². The molecule has 1 atom stereocenters. The number of aliphatic hydroxyl groups is 1. The standard InChI is InChI=1S/C14H23N7O2/c15-14-16-8-11(17-14)2-1-3-12-9-21(19-18-12)10-13(22)20-4-6-23-7-5-20/h8-9,13,22H,1-7,10H2,(H3,15,16,17). The fourth-order valence-electron chi connectivity index (χ4n) is 2.66. The van der Waals surface area contributed by atoms with Gasteiger partial charge in [0.1, 0.15) is 6.23 Å². The van der Waals surface area contributed by atoms with Gasteiger partial charge in [0, 0.05) is 25.0 Å². The summed E-state index contributed by atoms with van der Waals surface area (Å²) in [6.45, 7) is 3.24. The molecule has 23 heavy (non-hydrogen) atoms. The molecule has 0 amide bonds. The van der Waals surface area contributed by atoms with Crippen molar-refractivity contribution in [2.45, 2.75) is 32.0 Å². The Labute approximate surface area is 134 Å². The van der Waals surface area contributed by atoms with Crippen molar-refractivity contribution in [3.8, 4) is 0 Å². The maximum Gasteiger partial charge on any atom is 0.197 e. The molecule has 126 valence electrons. The van der Waals surface area contributed by atoms with Crippen LogP contribution >= 0.6 is 0 Å². The number of ether oxygens (including phenoxy) is 1. The first-order valence-electron chi connectivity index (χ1n) is 7.89. The Balaban J connectivity index is 1.43. The van der Waals surface area contributed by atoms with Crippen molar-refractivity contribution in [1.29, 1.82) is 0 Å². The van der Waals surface area contributed by atoms with E-state index < -0.39 is 6.23 Å². The van der Waals surface area contributed by atoms with Gasteiger partial charge < -0.3 is 20.6 Å². The topological polar surface area (TPSA) is 118 Å². The monoisotopic (exact) mass is 321 g/mol. The van der Waals surface area contributed by atoms with Crippen LogP contribution < -0.4 is 5.73 Å². The van der Waals surface area contributed by atoms with Gasteiger partial charge in [-0.15, -0.1) is 5.10 Å². The minimum Gasteiger partial charge on any atom is -0.379 e. The summed E-state index contributed by atoms with van der Waals surface area (Å²) in [5.41, 5.74) is 7.49. The minimum atomic E-state index is -0.554. The van der Waals surface area contributed by atoms with Crippen molar-refractivity contribution in [1.82, 2.24) is 29.9 Å². The van der Waals surface area contributed by atoms with E-state index >= 15 is 0 Å². The average molecular weight is 321 g/mol. The molecule has 1 aliphatic rings. The maximum atomic E-state index is 10.2. The summed E-state index contributed by atoms with van der Waals surface area (Å²) in [5.74, 6) is 0.447. The number of hydrogen-bond donors (Lipinski definition) is 3. The molecule has 0 aliphatic carbocycles. The van der Waals surface area contributed by atoms with E-state index in [1.54, 1.807) is 10.9 Å². The van der Waals surface area contributed by atoms with Crippen LogP contribution in [0.1, 0.15) is 17.8 Å². The Morgan fingerprint density at radius 2 is 2.17 bits per heavy atom. The number of aryl methyl sites for hydroxylation is 2. The normalized spacial score (nSPS) is 17.4. The molecule has 0 bridgehead atoms. The minimum absolute atomic E-state index is 0.421. The molecule has 1 fully saturated rings. The van der Waals surface area contributed by atoms with Gasteiger partial charge in [0.05, 0.1) is 31.6 Å². The number of nitrogens with one attached hydrogen (secondary N) is 1. The number of hydrogen-bond acceptors (Lipinski definition) is 7. The van der Waals surface area contributed by atoms with Crippen LogP contribution in [-0.2, 0) is 24.1 Å². The van der Waals surface area contributed by atoms with Gasteiger partial charge in [0.2, 0.25) is 0 Å². The number of rotatable bonds is 7. The molecule has 1 saturated heterocycles. The van der Waals surface area contributed by atoms with E-state index in [9.17, 15) is 5.11 Å². The summed E-state index contributed by atoms with van der Waals surface area (Å²) in [4.78, 5) is 8.97. The van der Waals surface area contributed by atoms with Crippen molar-refractivity contribution in [3.63, 3.8) is 0 Å². The molecule has 0 saturated carbocycles. The SMILES string of the molecule is Nc1ncc(CCCc2cn(CC(O)N3CCOCC3)nn2)[nH]1. The van der Waals surface area contributed by atoms with Gasteiger partial charge in [-0.25, -0.2) is 9.67 Å². The van der Waals surface area contributed by atoms with Gasteiger partial charge in [-0.05, 0) is 19.3 Å². The van der Waals surface area contributed by atoms with Crippen LogP contribution in [0.3, 0.4) is 0 Å². The van der Waals surface area contributed by atoms with Crippen LogP contribution in [0.25, 0.3) is 0 Å². The number of morpholine rings is 1. The van der Waals surface area contributed by atoms with Crippen LogP contribution in [0.5, 0.6) is 0 Å². The Hall–Kier alpha value is -1.97. The Bertz CT molecular complexity index is 606. The van der Waals surface area contributed by atoms with E-state index in [0.717, 1.165) is 43.7 Å². The molecule has 2 aromatic rings. The highest BCUT2D eigenvalue weighted by molar-refractivity contribution is 5.18. The molecule has 9 nitrogen and oxygen atoms in total. The Morgan fingerprint density at radius 3 is 2.91 bits per heavy atom. The van der Waals surface area contributed by atoms with Gasteiger partial charge in [0.15, 0.2) is 5.95 Å². The lowest BCUT2D eigenvalue weighted by atomic mass is 10.2. The molecular formula is C14H23N7O2. The molecule has 0 radical (unpaired) electrons. The van der Waals surface area contributed by atoms with E-state index in [2.05, 4.69) is 20.3 Å². The first kappa shape index (κ1) is 15.9. The zero-order chi connectivity index (χ0) is 16.1. The molecule has 3 heterocycles. The van der Waals surface area contributed by atoms with Gasteiger partial charge in [0.25, 0.3) is 0 Å². The summed E-state index contributed by atoms with van der Waals surface area (Å²) in [6.07, 6.45) is 5.73. The summed E-state index contributed by atoms with van der Waals surface area (Å²) >= 11 is 0. The van der Waals surface area contributed by atoms with Crippen LogP contribution in [0.15, 0.2) is 12.4 Å². The third kappa shape index (κ3) is 4.50. The van der Waals surface area contributed by atoms with E-state index in [1.807, 2.05) is 11.1 Å². The van der Waals surface area contributed by atoms with Crippen molar-refractivity contribution >= 4 is 5.95 Å². The number of anilines is 1. The Kier molecular flexibility index (Phi) is 5.21. The zero-order valence-corrected chi connectivity index (χ0v) is 13.1. The number of nitrogens with zero attached hydrogens (tertiary/aromatic N) is 5. The van der Waals surface area contributed by atoms with Gasteiger partial charge in [-0.3, -0.25) is 4.90 Å². The number of nitrogens with two attached hydrogens (primary N) is 1. The van der Waals surface area contributed by atoms with E-state index in [0.29, 0.717) is 25.7 Å². The number of aromatic amines is 1. The molecular weight excluding hydrogens is 298 g/mol. The highest BCUT2D eigenvalue weighted by atomic mass is 16.5. The second-order valence-corrected chi connectivity index (χ2v) is 5.71. The van der Waals surface area contributed by atoms with Gasteiger partial charge in [-0.1, -0.05) is 5.21 Å². The predicted octanol–water partition coefficient (Wildman–Crippen LogP) is -0.591. The average Bonchev–Trinajstić information content (AvgIpc) is 3.17. The smallest absolute Gasteiger partial charge is 0.197 e. The number of nitrogen functional groups attached to an aromatic ring is 1. The molecule has 3 rings (SSSR count). The Morgan fingerprint density at radius 1 is 1.35 bits per heavy atom. The van der Waals surface area contributed by atoms with E-state index in [1.165, 1.54) is 0 Å². The molecule has 2 aromatic heterocycles. The highest BCUT2D eigenvalue weighted by Gasteiger charge is 2.19. The lowest BCUT2D eigenvalue weighted by Gasteiger charge is -2.30. The second-order valence-electron chi connectivity index (χ2n) is 5.71. The molecule has 1 aliphatic heterocycles. The lowest BCUT2D eigenvalue weighted by Crippen LogP contribution is -2.45. The van der Waals surface area contributed by atoms with Gasteiger partial charge >= 0.3 is 0 Å². The largest absolute Gasteiger partial charge is 0.379 e. The molecule has 0 aromatic carbocycles. The third-order valence-electron chi connectivity index (χ3n) is 3.93.